The van der Waals surface area contributed by atoms with Gasteiger partial charge in [0, 0.05) is 12.6 Å². The maximum absolute atomic E-state index is 12.8. The number of halogens is 2. The van der Waals surface area contributed by atoms with Crippen molar-refractivity contribution in [2.75, 3.05) is 13.1 Å². The van der Waals surface area contributed by atoms with Gasteiger partial charge < -0.3 is 15.4 Å². The van der Waals surface area contributed by atoms with Crippen LogP contribution < -0.4 is 10.6 Å². The Bertz CT molecular complexity index is 332. The molecule has 5 nitrogen and oxygen atoms in total. The second-order valence-electron chi connectivity index (χ2n) is 4.41. The van der Waals surface area contributed by atoms with Crippen LogP contribution in [0.5, 0.6) is 0 Å². The molecule has 0 aromatic heterocycles. The fourth-order valence-corrected chi connectivity index (χ4v) is 1.62. The molecule has 2 aliphatic rings. The lowest BCUT2D eigenvalue weighted by atomic mass is 10.2. The number of rotatable bonds is 5. The van der Waals surface area contributed by atoms with Crippen molar-refractivity contribution in [3.8, 4) is 0 Å². The summed E-state index contributed by atoms with van der Waals surface area (Å²) in [7, 11) is 0. The first-order valence-electron chi connectivity index (χ1n) is 5.56. The molecule has 0 spiro atoms. The number of cyclic esters (lactones) is 1. The molecule has 17 heavy (non-hydrogen) atoms. The molecule has 2 rings (SSSR count). The van der Waals surface area contributed by atoms with Crippen molar-refractivity contribution in [3.63, 3.8) is 0 Å². The van der Waals surface area contributed by atoms with Crippen molar-refractivity contribution in [1.29, 1.82) is 0 Å². The van der Waals surface area contributed by atoms with E-state index in [1.54, 1.807) is 0 Å². The second-order valence-corrected chi connectivity index (χ2v) is 4.41. The lowest BCUT2D eigenvalue weighted by Crippen LogP contribution is -2.38. The Labute approximate surface area is 96.9 Å². The Morgan fingerprint density at radius 1 is 1.47 bits per heavy atom. The van der Waals surface area contributed by atoms with E-state index in [0.29, 0.717) is 0 Å². The molecule has 1 amide bonds. The lowest BCUT2D eigenvalue weighted by molar-refractivity contribution is -0.158. The molecule has 1 atom stereocenters. The molecule has 1 aliphatic heterocycles. The summed E-state index contributed by atoms with van der Waals surface area (Å²) in [4.78, 5) is 21.9. The third-order valence-corrected chi connectivity index (χ3v) is 2.66. The van der Waals surface area contributed by atoms with Gasteiger partial charge >= 0.3 is 11.9 Å². The molecule has 0 radical (unpaired) electrons. The molecule has 1 unspecified atom stereocenters. The summed E-state index contributed by atoms with van der Waals surface area (Å²) in [5.74, 6) is -5.03. The third kappa shape index (κ3) is 3.36. The van der Waals surface area contributed by atoms with Gasteiger partial charge in [-0.3, -0.25) is 4.79 Å². The number of nitrogens with one attached hydrogen (secondary N) is 2. The van der Waals surface area contributed by atoms with E-state index in [9.17, 15) is 18.4 Å². The standard InChI is InChI=1S/C10H14F2N2O3/c11-10(12)3-7(17-9(10)16)4-13-5-8(15)14-6-1-2-6/h6-7,13H,1-5H2,(H,14,15). The molecule has 0 aromatic carbocycles. The van der Waals surface area contributed by atoms with Crippen LogP contribution in [0.4, 0.5) is 8.78 Å². The predicted octanol–water partition coefficient (Wildman–Crippen LogP) is -0.195. The largest absolute Gasteiger partial charge is 0.456 e. The average Bonchev–Trinajstić information content (AvgIpc) is 2.96. The minimum atomic E-state index is -3.39. The summed E-state index contributed by atoms with van der Waals surface area (Å²) in [6.07, 6.45) is 0.519. The number of alkyl halides is 2. The highest BCUT2D eigenvalue weighted by atomic mass is 19.3. The van der Waals surface area contributed by atoms with Crippen LogP contribution in [0.2, 0.25) is 0 Å². The van der Waals surface area contributed by atoms with Gasteiger partial charge in [-0.2, -0.15) is 8.78 Å². The van der Waals surface area contributed by atoms with E-state index in [1.807, 2.05) is 0 Å². The van der Waals surface area contributed by atoms with Crippen molar-refractivity contribution in [3.05, 3.63) is 0 Å². The molecule has 0 aromatic rings. The summed E-state index contributed by atoms with van der Waals surface area (Å²) in [6, 6.07) is 0.276. The van der Waals surface area contributed by atoms with Gasteiger partial charge in [0.2, 0.25) is 5.91 Å². The monoisotopic (exact) mass is 248 g/mol. The summed E-state index contributed by atoms with van der Waals surface area (Å²) in [6.45, 7) is 0.121. The first-order chi connectivity index (χ1) is 7.97. The van der Waals surface area contributed by atoms with E-state index in [2.05, 4.69) is 15.4 Å². The van der Waals surface area contributed by atoms with Crippen LogP contribution in [0.1, 0.15) is 19.3 Å². The van der Waals surface area contributed by atoms with E-state index in [0.717, 1.165) is 12.8 Å². The summed E-state index contributed by atoms with van der Waals surface area (Å²) < 4.78 is 30.0. The molecule has 1 heterocycles. The van der Waals surface area contributed by atoms with Crippen molar-refractivity contribution in [2.45, 2.75) is 37.3 Å². The van der Waals surface area contributed by atoms with Gasteiger partial charge in [0.1, 0.15) is 6.10 Å². The Morgan fingerprint density at radius 2 is 2.18 bits per heavy atom. The zero-order valence-corrected chi connectivity index (χ0v) is 9.17. The number of esters is 1. The fraction of sp³-hybridized carbons (Fsp3) is 0.800. The van der Waals surface area contributed by atoms with E-state index in [-0.39, 0.29) is 25.0 Å². The van der Waals surface area contributed by atoms with Crippen molar-refractivity contribution >= 4 is 11.9 Å². The highest BCUT2D eigenvalue weighted by molar-refractivity contribution is 5.80. The number of hydrogen-bond donors (Lipinski definition) is 2. The maximum Gasteiger partial charge on any atom is 0.377 e. The van der Waals surface area contributed by atoms with Crippen LogP contribution in [0, 0.1) is 0 Å². The Morgan fingerprint density at radius 3 is 2.71 bits per heavy atom. The number of hydrogen-bond acceptors (Lipinski definition) is 4. The molecule has 2 N–H and O–H groups in total. The van der Waals surface area contributed by atoms with E-state index < -0.39 is 24.4 Å². The molecule has 1 aliphatic carbocycles. The van der Waals surface area contributed by atoms with E-state index >= 15 is 0 Å². The van der Waals surface area contributed by atoms with Gasteiger partial charge in [-0.05, 0) is 12.8 Å². The van der Waals surface area contributed by atoms with Crippen molar-refractivity contribution in [1.82, 2.24) is 10.6 Å². The molecule has 96 valence electrons. The fourth-order valence-electron chi connectivity index (χ4n) is 1.62. The molecule has 1 saturated heterocycles. The Hall–Kier alpha value is -1.24. The molecular formula is C10H14F2N2O3. The number of ether oxygens (including phenoxy) is 1. The van der Waals surface area contributed by atoms with Gasteiger partial charge in [0.05, 0.1) is 13.0 Å². The van der Waals surface area contributed by atoms with Gasteiger partial charge in [-0.15, -0.1) is 0 Å². The average molecular weight is 248 g/mol. The first kappa shape index (κ1) is 12.2. The quantitative estimate of drug-likeness (QED) is 0.661. The second kappa shape index (κ2) is 4.56. The van der Waals surface area contributed by atoms with E-state index in [4.69, 9.17) is 0 Å². The molecular weight excluding hydrogens is 234 g/mol. The molecule has 7 heteroatoms. The molecule has 0 bridgehead atoms. The number of amides is 1. The molecule has 1 saturated carbocycles. The summed E-state index contributed by atoms with van der Waals surface area (Å²) >= 11 is 0. The SMILES string of the molecule is O=C(CNCC1CC(F)(F)C(=O)O1)NC1CC1. The van der Waals surface area contributed by atoms with Gasteiger partial charge in [0.15, 0.2) is 0 Å². The van der Waals surface area contributed by atoms with Crippen LogP contribution in [-0.2, 0) is 14.3 Å². The normalized spacial score (nSPS) is 26.7. The first-order valence-corrected chi connectivity index (χ1v) is 5.56. The number of carbonyl (C=O) groups excluding carboxylic acids is 2. The molecule has 2 fully saturated rings. The van der Waals surface area contributed by atoms with Crippen molar-refractivity contribution < 1.29 is 23.1 Å². The van der Waals surface area contributed by atoms with Gasteiger partial charge in [0.25, 0.3) is 0 Å². The zero-order valence-electron chi connectivity index (χ0n) is 9.17. The highest BCUT2D eigenvalue weighted by Crippen LogP contribution is 2.30. The third-order valence-electron chi connectivity index (χ3n) is 2.66. The Kier molecular flexibility index (Phi) is 3.28. The van der Waals surface area contributed by atoms with Crippen LogP contribution in [0.3, 0.4) is 0 Å². The van der Waals surface area contributed by atoms with Gasteiger partial charge in [-0.25, -0.2) is 4.79 Å². The summed E-state index contributed by atoms with van der Waals surface area (Å²) in [5, 5.41) is 5.44. The maximum atomic E-state index is 12.8. The van der Waals surface area contributed by atoms with Crippen LogP contribution in [-0.4, -0.2) is 43.0 Å². The zero-order chi connectivity index (χ0) is 12.5. The van der Waals surface area contributed by atoms with Crippen LogP contribution in [0.25, 0.3) is 0 Å². The van der Waals surface area contributed by atoms with E-state index in [1.165, 1.54) is 0 Å². The van der Waals surface area contributed by atoms with Crippen molar-refractivity contribution in [2.24, 2.45) is 0 Å². The smallest absolute Gasteiger partial charge is 0.377 e. The minimum Gasteiger partial charge on any atom is -0.456 e. The minimum absolute atomic E-state index is 0.0517. The topological polar surface area (TPSA) is 67.4 Å². The highest BCUT2D eigenvalue weighted by Gasteiger charge is 2.50. The number of carbonyl (C=O) groups is 2. The predicted molar refractivity (Wildman–Crippen MR) is 53.5 cm³/mol. The lowest BCUT2D eigenvalue weighted by Gasteiger charge is -2.09. The summed E-state index contributed by atoms with van der Waals surface area (Å²) in [5.41, 5.74) is 0. The van der Waals surface area contributed by atoms with Crippen LogP contribution in [0.15, 0.2) is 0 Å². The van der Waals surface area contributed by atoms with Gasteiger partial charge in [-0.1, -0.05) is 0 Å². The van der Waals surface area contributed by atoms with Crippen LogP contribution >= 0.6 is 0 Å². The Balaban J connectivity index is 1.62.